The summed E-state index contributed by atoms with van der Waals surface area (Å²) in [4.78, 5) is 71.1. The van der Waals surface area contributed by atoms with Crippen molar-refractivity contribution in [3.05, 3.63) is 134 Å². The highest BCUT2D eigenvalue weighted by atomic mass is 32.1. The molecule has 0 radical (unpaired) electrons. The molecule has 0 amide bonds. The summed E-state index contributed by atoms with van der Waals surface area (Å²) >= 11 is 0.626. The van der Waals surface area contributed by atoms with Crippen LogP contribution in [0.2, 0.25) is 0 Å². The van der Waals surface area contributed by atoms with Gasteiger partial charge in [0.05, 0.1) is 23.0 Å². The molecule has 222 valence electrons. The van der Waals surface area contributed by atoms with Gasteiger partial charge in [0.2, 0.25) is 0 Å². The number of ether oxygens (including phenoxy) is 4. The van der Waals surface area contributed by atoms with Crippen LogP contribution < -0.4 is 10.4 Å². The highest BCUT2D eigenvalue weighted by Crippen LogP contribution is 2.36. The molecule has 13 heteroatoms. The van der Waals surface area contributed by atoms with Gasteiger partial charge in [-0.15, -0.1) is 0 Å². The van der Waals surface area contributed by atoms with E-state index in [1.165, 1.54) is 24.3 Å². The van der Waals surface area contributed by atoms with Crippen LogP contribution >= 0.6 is 11.3 Å². The number of nitrogens with zero attached hydrogens (tertiary/aromatic N) is 2. The fraction of sp³-hybridized carbons (Fsp3) is 0.161. The number of carbonyl (C=O) groups excluding carboxylic acids is 3. The van der Waals surface area contributed by atoms with E-state index in [0.29, 0.717) is 11.3 Å². The van der Waals surface area contributed by atoms with E-state index in [0.717, 1.165) is 10.9 Å². The molecule has 12 nitrogen and oxygen atoms in total. The second kappa shape index (κ2) is 12.5. The second-order valence-corrected chi connectivity index (χ2v) is 10.6. The average molecular weight is 614 g/mol. The third-order valence-electron chi connectivity index (χ3n) is 6.84. The zero-order valence-corrected chi connectivity index (χ0v) is 23.5. The van der Waals surface area contributed by atoms with Gasteiger partial charge in [-0.25, -0.2) is 19.4 Å². The lowest BCUT2D eigenvalue weighted by Crippen LogP contribution is -2.42. The van der Waals surface area contributed by atoms with Gasteiger partial charge in [0.1, 0.15) is 17.4 Å². The van der Waals surface area contributed by atoms with Crippen molar-refractivity contribution in [1.29, 1.82) is 0 Å². The maximum absolute atomic E-state index is 13.3. The van der Waals surface area contributed by atoms with E-state index in [1.807, 2.05) is 0 Å². The Kier molecular flexibility index (Phi) is 8.12. The number of esters is 3. The average Bonchev–Trinajstić information content (AvgIpc) is 3.57. The van der Waals surface area contributed by atoms with Crippen LogP contribution in [0.3, 0.4) is 0 Å². The van der Waals surface area contributed by atoms with Crippen LogP contribution in [0.25, 0.3) is 10.3 Å². The van der Waals surface area contributed by atoms with Crippen molar-refractivity contribution in [3.63, 3.8) is 0 Å². The van der Waals surface area contributed by atoms with Crippen LogP contribution in [0.5, 0.6) is 0 Å². The minimum absolute atomic E-state index is 0.0195. The molecule has 1 aliphatic heterocycles. The molecule has 44 heavy (non-hydrogen) atoms. The van der Waals surface area contributed by atoms with Gasteiger partial charge in [-0.05, 0) is 36.4 Å². The molecule has 1 saturated heterocycles. The SMILES string of the molecule is O=C(OC[C@H]1O[C@@H](n2c(=O)sc3c(=O)[nH]cnc32)[C@H](OC(=O)c2ccccc2)[C@@H]1OC(=O)c1ccccc1)c1ccccc1. The molecule has 0 spiro atoms. The lowest BCUT2D eigenvalue weighted by atomic mass is 10.1. The van der Waals surface area contributed by atoms with Crippen molar-refractivity contribution in [2.24, 2.45) is 0 Å². The Labute approximate surface area is 252 Å². The molecule has 5 aromatic rings. The van der Waals surface area contributed by atoms with Gasteiger partial charge in [0, 0.05) is 0 Å². The number of nitrogens with one attached hydrogen (secondary N) is 1. The molecule has 6 rings (SSSR count). The largest absolute Gasteiger partial charge is 0.459 e. The summed E-state index contributed by atoms with van der Waals surface area (Å²) in [5.74, 6) is -2.22. The van der Waals surface area contributed by atoms with E-state index < -0.39 is 59.5 Å². The van der Waals surface area contributed by atoms with Crippen molar-refractivity contribution in [2.75, 3.05) is 6.61 Å². The topological polar surface area (TPSA) is 156 Å². The van der Waals surface area contributed by atoms with Crippen molar-refractivity contribution < 1.29 is 33.3 Å². The molecule has 2 aromatic heterocycles. The maximum atomic E-state index is 13.3. The Morgan fingerprint density at radius 1 is 0.773 bits per heavy atom. The van der Waals surface area contributed by atoms with Crippen LogP contribution in [-0.4, -0.2) is 57.4 Å². The third kappa shape index (κ3) is 5.78. The first kappa shape index (κ1) is 28.7. The second-order valence-electron chi connectivity index (χ2n) is 9.62. The van der Waals surface area contributed by atoms with E-state index in [-0.39, 0.29) is 27.0 Å². The quantitative estimate of drug-likeness (QED) is 0.203. The maximum Gasteiger partial charge on any atom is 0.338 e. The highest BCUT2D eigenvalue weighted by Gasteiger charge is 2.52. The minimum Gasteiger partial charge on any atom is -0.459 e. The van der Waals surface area contributed by atoms with Gasteiger partial charge in [0.25, 0.3) is 5.56 Å². The summed E-state index contributed by atoms with van der Waals surface area (Å²) < 4.78 is 24.6. The summed E-state index contributed by atoms with van der Waals surface area (Å²) in [6, 6.07) is 24.4. The van der Waals surface area contributed by atoms with Gasteiger partial charge in [-0.3, -0.25) is 14.2 Å². The van der Waals surface area contributed by atoms with Gasteiger partial charge < -0.3 is 23.9 Å². The number of fused-ring (bicyclic) bond motifs is 1. The van der Waals surface area contributed by atoms with Gasteiger partial charge in [0.15, 0.2) is 24.1 Å². The number of aromatic amines is 1. The first-order valence-corrected chi connectivity index (χ1v) is 14.2. The fourth-order valence-electron chi connectivity index (χ4n) is 4.75. The van der Waals surface area contributed by atoms with Crippen LogP contribution in [0.4, 0.5) is 0 Å². The first-order chi connectivity index (χ1) is 21.4. The smallest absolute Gasteiger partial charge is 0.338 e. The Balaban J connectivity index is 1.40. The van der Waals surface area contributed by atoms with Gasteiger partial charge >= 0.3 is 22.8 Å². The zero-order valence-electron chi connectivity index (χ0n) is 22.7. The first-order valence-electron chi connectivity index (χ1n) is 13.4. The van der Waals surface area contributed by atoms with Crippen molar-refractivity contribution >= 4 is 39.6 Å². The fourth-order valence-corrected chi connectivity index (χ4v) is 5.61. The molecular weight excluding hydrogens is 590 g/mol. The van der Waals surface area contributed by atoms with Crippen molar-refractivity contribution in [2.45, 2.75) is 24.5 Å². The molecule has 0 saturated carbocycles. The Hall–Kier alpha value is -5.40. The van der Waals surface area contributed by atoms with E-state index in [1.54, 1.807) is 66.7 Å². The highest BCUT2D eigenvalue weighted by molar-refractivity contribution is 7.16. The predicted molar refractivity (Wildman–Crippen MR) is 156 cm³/mol. The summed E-state index contributed by atoms with van der Waals surface area (Å²) in [6.07, 6.45) is -4.26. The molecule has 0 aliphatic carbocycles. The Morgan fingerprint density at radius 3 is 1.86 bits per heavy atom. The summed E-state index contributed by atoms with van der Waals surface area (Å²) in [5, 5.41) is 0. The Bertz CT molecular complexity index is 1920. The monoisotopic (exact) mass is 613 g/mol. The molecule has 1 aliphatic rings. The van der Waals surface area contributed by atoms with Crippen LogP contribution in [-0.2, 0) is 18.9 Å². The lowest BCUT2D eigenvalue weighted by molar-refractivity contribution is -0.0612. The zero-order chi connectivity index (χ0) is 30.6. The molecule has 4 atom stereocenters. The normalized spacial score (nSPS) is 19.4. The standard InChI is InChI=1S/C31H23N3O9S/c35-26-24-25(32-17-33-26)34(31(39)44-24)27-23(43-30(38)20-14-8-3-9-15-20)22(42-29(37)19-12-6-2-7-13-19)21(41-27)16-40-28(36)18-10-4-1-5-11-18/h1-15,17,21-23,27H,16H2,(H,32,33,35)/t21-,22-,23-,27-/m1/s1. The van der Waals surface area contributed by atoms with Crippen LogP contribution in [0.15, 0.2) is 107 Å². The molecule has 0 unspecified atom stereocenters. The molecule has 1 N–H and O–H groups in total. The number of aromatic nitrogens is 3. The Morgan fingerprint density at radius 2 is 1.30 bits per heavy atom. The lowest BCUT2D eigenvalue weighted by Gasteiger charge is -2.24. The summed E-state index contributed by atoms with van der Waals surface area (Å²) in [7, 11) is 0. The molecule has 1 fully saturated rings. The predicted octanol–water partition coefficient (Wildman–Crippen LogP) is 3.35. The van der Waals surface area contributed by atoms with Gasteiger partial charge in [-0.1, -0.05) is 65.9 Å². The molecule has 3 aromatic carbocycles. The van der Waals surface area contributed by atoms with E-state index >= 15 is 0 Å². The van der Waals surface area contributed by atoms with Crippen molar-refractivity contribution in [3.8, 4) is 0 Å². The number of hydrogen-bond donors (Lipinski definition) is 1. The van der Waals surface area contributed by atoms with Gasteiger partial charge in [-0.2, -0.15) is 0 Å². The molecule has 0 bridgehead atoms. The summed E-state index contributed by atoms with van der Waals surface area (Å²) in [5.41, 5.74) is 0.0953. The van der Waals surface area contributed by atoms with E-state index in [9.17, 15) is 24.0 Å². The van der Waals surface area contributed by atoms with Crippen LogP contribution in [0, 0.1) is 0 Å². The number of thiazole rings is 1. The minimum atomic E-state index is -1.42. The molecule has 3 heterocycles. The number of rotatable bonds is 8. The van der Waals surface area contributed by atoms with Crippen molar-refractivity contribution in [1.82, 2.24) is 14.5 Å². The van der Waals surface area contributed by atoms with E-state index in [2.05, 4.69) is 9.97 Å². The summed E-state index contributed by atoms with van der Waals surface area (Å²) in [6.45, 7) is -0.429. The number of H-pyrrole nitrogens is 1. The number of benzene rings is 3. The van der Waals surface area contributed by atoms with Crippen LogP contribution in [0.1, 0.15) is 37.3 Å². The molecular formula is C31H23N3O9S. The number of carbonyl (C=O) groups is 3. The number of hydrogen-bond acceptors (Lipinski definition) is 11. The van der Waals surface area contributed by atoms with E-state index in [4.69, 9.17) is 18.9 Å². The third-order valence-corrected chi connectivity index (χ3v) is 7.78.